The second-order valence-electron chi connectivity index (χ2n) is 9.42. The molecule has 192 valence electrons. The molecule has 0 spiro atoms. The molecule has 36 heavy (non-hydrogen) atoms. The van der Waals surface area contributed by atoms with Crippen LogP contribution in [-0.4, -0.2) is 49.0 Å². The summed E-state index contributed by atoms with van der Waals surface area (Å²) < 4.78 is 38.7. The summed E-state index contributed by atoms with van der Waals surface area (Å²) in [7, 11) is -2.35. The van der Waals surface area contributed by atoms with Crippen LogP contribution in [0.25, 0.3) is 0 Å². The Balaban J connectivity index is 1.40. The van der Waals surface area contributed by atoms with E-state index in [0.717, 1.165) is 11.1 Å². The van der Waals surface area contributed by atoms with Crippen LogP contribution in [0.5, 0.6) is 5.75 Å². The van der Waals surface area contributed by atoms with E-state index in [-0.39, 0.29) is 23.3 Å². The first-order chi connectivity index (χ1) is 17.2. The highest BCUT2D eigenvalue weighted by Gasteiger charge is 2.35. The third-order valence-electron chi connectivity index (χ3n) is 6.25. The summed E-state index contributed by atoms with van der Waals surface area (Å²) in [6, 6.07) is 12.5. The molecular formula is C26H32N4O5S. The molecule has 3 aromatic rings. The van der Waals surface area contributed by atoms with Gasteiger partial charge in [0.1, 0.15) is 10.6 Å². The lowest BCUT2D eigenvalue weighted by Crippen LogP contribution is -2.43. The van der Waals surface area contributed by atoms with E-state index in [0.29, 0.717) is 49.0 Å². The summed E-state index contributed by atoms with van der Waals surface area (Å²) in [6.07, 6.45) is 1.76. The van der Waals surface area contributed by atoms with Gasteiger partial charge in [-0.15, -0.1) is 0 Å². The molecule has 1 saturated heterocycles. The number of benzene rings is 2. The normalized spacial score (nSPS) is 16.8. The van der Waals surface area contributed by atoms with Crippen molar-refractivity contribution in [2.45, 2.75) is 50.8 Å². The van der Waals surface area contributed by atoms with Gasteiger partial charge in [-0.1, -0.05) is 37.2 Å². The highest BCUT2D eigenvalue weighted by molar-refractivity contribution is 7.89. The van der Waals surface area contributed by atoms with Gasteiger partial charge in [0.05, 0.1) is 13.0 Å². The first-order valence-corrected chi connectivity index (χ1v) is 13.5. The zero-order chi connectivity index (χ0) is 25.9. The van der Waals surface area contributed by atoms with Crippen molar-refractivity contribution >= 4 is 21.6 Å². The quantitative estimate of drug-likeness (QED) is 0.482. The predicted molar refractivity (Wildman–Crippen MR) is 135 cm³/mol. The lowest BCUT2D eigenvalue weighted by atomic mass is 9.98. The number of hydrogen-bond acceptors (Lipinski definition) is 7. The molecule has 1 N–H and O–H groups in total. The molecule has 10 heteroatoms. The zero-order valence-electron chi connectivity index (χ0n) is 21.0. The highest BCUT2D eigenvalue weighted by Crippen LogP contribution is 2.31. The van der Waals surface area contributed by atoms with Crippen molar-refractivity contribution < 1.29 is 22.5 Å². The van der Waals surface area contributed by atoms with E-state index in [1.165, 1.54) is 11.4 Å². The molecule has 2 heterocycles. The van der Waals surface area contributed by atoms with Crippen LogP contribution in [-0.2, 0) is 21.2 Å². The van der Waals surface area contributed by atoms with Gasteiger partial charge in [-0.25, -0.2) is 8.42 Å². The van der Waals surface area contributed by atoms with Gasteiger partial charge < -0.3 is 14.6 Å². The predicted octanol–water partition coefficient (Wildman–Crippen LogP) is 4.14. The van der Waals surface area contributed by atoms with E-state index in [2.05, 4.69) is 15.5 Å². The van der Waals surface area contributed by atoms with Gasteiger partial charge in [0.15, 0.2) is 5.82 Å². The molecular weight excluding hydrogens is 480 g/mol. The molecule has 0 aliphatic carbocycles. The topological polar surface area (TPSA) is 115 Å². The molecule has 9 nitrogen and oxygen atoms in total. The average molecular weight is 513 g/mol. The maximum Gasteiger partial charge on any atom is 0.246 e. The summed E-state index contributed by atoms with van der Waals surface area (Å²) in [5, 5.41) is 6.94. The summed E-state index contributed by atoms with van der Waals surface area (Å²) in [5.41, 5.74) is 2.47. The second kappa shape index (κ2) is 10.8. The van der Waals surface area contributed by atoms with Gasteiger partial charge in [-0.2, -0.15) is 9.29 Å². The Morgan fingerprint density at radius 3 is 2.64 bits per heavy atom. The molecule has 1 fully saturated rings. The third kappa shape index (κ3) is 5.76. The van der Waals surface area contributed by atoms with E-state index >= 15 is 0 Å². The minimum absolute atomic E-state index is 0.124. The van der Waals surface area contributed by atoms with E-state index in [1.54, 1.807) is 18.2 Å². The van der Waals surface area contributed by atoms with Crippen LogP contribution in [0.2, 0.25) is 0 Å². The van der Waals surface area contributed by atoms with Crippen molar-refractivity contribution in [2.24, 2.45) is 5.92 Å². The van der Waals surface area contributed by atoms with Crippen LogP contribution >= 0.6 is 0 Å². The molecule has 0 radical (unpaired) electrons. The molecule has 1 aliphatic heterocycles. The Kier molecular flexibility index (Phi) is 7.75. The van der Waals surface area contributed by atoms with E-state index < -0.39 is 15.9 Å². The monoisotopic (exact) mass is 512 g/mol. The fourth-order valence-corrected chi connectivity index (χ4v) is 5.97. The van der Waals surface area contributed by atoms with Crippen molar-refractivity contribution in [2.75, 3.05) is 25.5 Å². The van der Waals surface area contributed by atoms with Crippen molar-refractivity contribution in [3.05, 3.63) is 65.3 Å². The minimum Gasteiger partial charge on any atom is -0.495 e. The highest BCUT2D eigenvalue weighted by atomic mass is 32.2. The fraction of sp³-hybridized carbons (Fsp3) is 0.423. The van der Waals surface area contributed by atoms with Crippen molar-refractivity contribution in [3.63, 3.8) is 0 Å². The van der Waals surface area contributed by atoms with E-state index in [9.17, 15) is 13.2 Å². The van der Waals surface area contributed by atoms with Gasteiger partial charge in [0, 0.05) is 31.1 Å². The zero-order valence-corrected chi connectivity index (χ0v) is 21.8. The number of nitrogens with one attached hydrogen (secondary N) is 1. The number of rotatable bonds is 8. The van der Waals surface area contributed by atoms with Crippen molar-refractivity contribution in [1.29, 1.82) is 0 Å². The lowest BCUT2D eigenvalue weighted by molar-refractivity contribution is -0.120. The molecule has 0 saturated carbocycles. The van der Waals surface area contributed by atoms with Gasteiger partial charge >= 0.3 is 0 Å². The summed E-state index contributed by atoms with van der Waals surface area (Å²) in [6.45, 7) is 6.32. The number of amides is 1. The molecule has 0 unspecified atom stereocenters. The Hall–Kier alpha value is -3.24. The number of hydrogen-bond donors (Lipinski definition) is 1. The molecule has 4 rings (SSSR count). The Labute approximate surface area is 211 Å². The number of carbonyl (C=O) groups excluding carboxylic acids is 1. The standard InChI is InChI=1S/C26H32N4O5S/c1-17(2)26-28-24(29-35-26)15-19-8-10-21(11-9-19)27-25(31)20-6-5-13-30(16-20)36(32,33)23-14-18(3)7-12-22(23)34-4/h7-12,14,17,20H,5-6,13,15-16H2,1-4H3,(H,27,31)/t20-/m1/s1. The average Bonchev–Trinajstić information content (AvgIpc) is 3.34. The van der Waals surface area contributed by atoms with Crippen LogP contribution in [0.15, 0.2) is 51.9 Å². The Bertz CT molecular complexity index is 1320. The molecule has 1 aliphatic rings. The molecule has 1 aromatic heterocycles. The first-order valence-electron chi connectivity index (χ1n) is 12.0. The van der Waals surface area contributed by atoms with Crippen molar-refractivity contribution in [1.82, 2.24) is 14.4 Å². The number of sulfonamides is 1. The number of piperidine rings is 1. The van der Waals surface area contributed by atoms with Gasteiger partial charge in [0.25, 0.3) is 0 Å². The summed E-state index contributed by atoms with van der Waals surface area (Å²) >= 11 is 0. The Morgan fingerprint density at radius 1 is 1.22 bits per heavy atom. The molecule has 0 bridgehead atoms. The molecule has 2 aromatic carbocycles. The number of anilines is 1. The van der Waals surface area contributed by atoms with Crippen LogP contribution in [0, 0.1) is 12.8 Å². The summed E-state index contributed by atoms with van der Waals surface area (Å²) in [5.74, 6) is 1.06. The van der Waals surface area contributed by atoms with Crippen LogP contribution in [0.4, 0.5) is 5.69 Å². The lowest BCUT2D eigenvalue weighted by Gasteiger charge is -2.31. The number of aryl methyl sites for hydroxylation is 1. The Morgan fingerprint density at radius 2 is 1.97 bits per heavy atom. The van der Waals surface area contributed by atoms with E-state index in [4.69, 9.17) is 9.26 Å². The second-order valence-corrected chi connectivity index (χ2v) is 11.3. The van der Waals surface area contributed by atoms with Gasteiger partial charge in [0.2, 0.25) is 21.8 Å². The first kappa shape index (κ1) is 25.8. The van der Waals surface area contributed by atoms with Crippen LogP contribution < -0.4 is 10.1 Å². The number of aromatic nitrogens is 2. The van der Waals surface area contributed by atoms with Crippen LogP contribution in [0.1, 0.15) is 55.4 Å². The molecule has 1 amide bonds. The van der Waals surface area contributed by atoms with E-state index in [1.807, 2.05) is 45.0 Å². The fourth-order valence-electron chi connectivity index (χ4n) is 4.21. The van der Waals surface area contributed by atoms with Crippen molar-refractivity contribution in [3.8, 4) is 5.75 Å². The number of nitrogens with zero attached hydrogens (tertiary/aromatic N) is 3. The number of ether oxygens (including phenoxy) is 1. The summed E-state index contributed by atoms with van der Waals surface area (Å²) in [4.78, 5) is 17.5. The maximum atomic E-state index is 13.4. The molecule has 1 atom stereocenters. The smallest absolute Gasteiger partial charge is 0.246 e. The van der Waals surface area contributed by atoms with Gasteiger partial charge in [-0.05, 0) is 55.2 Å². The maximum absolute atomic E-state index is 13.4. The number of methoxy groups -OCH3 is 1. The minimum atomic E-state index is -3.80. The third-order valence-corrected chi connectivity index (χ3v) is 8.14. The number of carbonyl (C=O) groups is 1. The SMILES string of the molecule is COc1ccc(C)cc1S(=O)(=O)N1CCC[C@@H](C(=O)Nc2ccc(Cc3noc(C(C)C)n3)cc2)C1. The van der Waals surface area contributed by atoms with Gasteiger partial charge in [-0.3, -0.25) is 4.79 Å². The largest absolute Gasteiger partial charge is 0.495 e. The van der Waals surface area contributed by atoms with Crippen LogP contribution in [0.3, 0.4) is 0 Å².